The van der Waals surface area contributed by atoms with E-state index in [4.69, 9.17) is 28.4 Å². The van der Waals surface area contributed by atoms with E-state index in [0.29, 0.717) is 19.6 Å². The summed E-state index contributed by atoms with van der Waals surface area (Å²) < 4.78 is 35.7. The summed E-state index contributed by atoms with van der Waals surface area (Å²) in [5, 5.41) is 3.29. The van der Waals surface area contributed by atoms with E-state index in [1.807, 2.05) is 65.0 Å². The lowest BCUT2D eigenvalue weighted by Gasteiger charge is -2.29. The van der Waals surface area contributed by atoms with Gasteiger partial charge in [0.15, 0.2) is 30.1 Å². The average molecular weight is 436 g/mol. The minimum Gasteiger partial charge on any atom is -0.455 e. The van der Waals surface area contributed by atoms with Crippen LogP contribution >= 0.6 is 0 Å². The SMILES string of the molecule is CC[C@H](NCc1ccccc1)C(=O)O[C@@H]1[C@H]2OC(C)(C)O[C@H]2O[C@@H]1[C@H]1COC(C)(C)O1. The highest BCUT2D eigenvalue weighted by Crippen LogP contribution is 2.42. The lowest BCUT2D eigenvalue weighted by molar-refractivity contribution is -0.235. The molecule has 4 rings (SSSR count). The molecule has 8 heteroatoms. The number of esters is 1. The minimum absolute atomic E-state index is 0.343. The molecule has 0 aliphatic carbocycles. The number of fused-ring (bicyclic) bond motifs is 1. The molecule has 0 unspecified atom stereocenters. The van der Waals surface area contributed by atoms with Crippen LogP contribution < -0.4 is 5.32 Å². The fourth-order valence-electron chi connectivity index (χ4n) is 4.26. The van der Waals surface area contributed by atoms with Gasteiger partial charge in [0.05, 0.1) is 6.61 Å². The van der Waals surface area contributed by atoms with Crippen molar-refractivity contribution in [1.29, 1.82) is 0 Å². The molecule has 3 saturated heterocycles. The summed E-state index contributed by atoms with van der Waals surface area (Å²) in [6, 6.07) is 9.49. The molecule has 0 aromatic heterocycles. The van der Waals surface area contributed by atoms with Crippen LogP contribution in [-0.4, -0.2) is 60.9 Å². The highest BCUT2D eigenvalue weighted by Gasteiger charge is 2.60. The normalized spacial score (nSPS) is 34.4. The third kappa shape index (κ3) is 5.10. The number of ether oxygens (including phenoxy) is 6. The van der Waals surface area contributed by atoms with Gasteiger partial charge in [0.1, 0.15) is 18.2 Å². The van der Waals surface area contributed by atoms with Gasteiger partial charge in [-0.1, -0.05) is 37.3 Å². The van der Waals surface area contributed by atoms with Crippen LogP contribution in [0.1, 0.15) is 46.6 Å². The van der Waals surface area contributed by atoms with Crippen molar-refractivity contribution >= 4 is 5.97 Å². The molecular weight excluding hydrogens is 402 g/mol. The van der Waals surface area contributed by atoms with Crippen LogP contribution in [0.2, 0.25) is 0 Å². The van der Waals surface area contributed by atoms with Gasteiger partial charge in [0.2, 0.25) is 0 Å². The summed E-state index contributed by atoms with van der Waals surface area (Å²) in [7, 11) is 0. The van der Waals surface area contributed by atoms with Gasteiger partial charge in [-0.05, 0) is 39.7 Å². The Morgan fingerprint density at radius 1 is 1.10 bits per heavy atom. The fraction of sp³-hybridized carbons (Fsp3) is 0.696. The lowest BCUT2D eigenvalue weighted by Crippen LogP contribution is -2.48. The molecule has 1 aromatic carbocycles. The number of carbonyl (C=O) groups is 1. The standard InChI is InChI=1S/C23H33NO7/c1-6-15(24-12-14-10-8-7-9-11-14)20(25)27-18-17(16-13-26-22(2,3)29-16)28-21-19(18)30-23(4,5)31-21/h7-11,15-19,21,24H,6,12-13H2,1-5H3/t15-,16+,17+,18-,19+,21+/m0/s1. The molecule has 3 heterocycles. The molecule has 0 amide bonds. The molecule has 0 saturated carbocycles. The predicted octanol–water partition coefficient (Wildman–Crippen LogP) is 2.49. The van der Waals surface area contributed by atoms with E-state index in [-0.39, 0.29) is 12.1 Å². The van der Waals surface area contributed by atoms with Crippen molar-refractivity contribution in [3.8, 4) is 0 Å². The Hall–Kier alpha value is -1.55. The van der Waals surface area contributed by atoms with Crippen LogP contribution in [0.3, 0.4) is 0 Å². The average Bonchev–Trinajstić information content (AvgIpc) is 3.33. The van der Waals surface area contributed by atoms with Crippen molar-refractivity contribution in [2.75, 3.05) is 6.61 Å². The monoisotopic (exact) mass is 435 g/mol. The summed E-state index contributed by atoms with van der Waals surface area (Å²) in [5.41, 5.74) is 1.10. The first kappa shape index (κ1) is 22.6. The van der Waals surface area contributed by atoms with Gasteiger partial charge in [-0.2, -0.15) is 0 Å². The molecule has 6 atom stereocenters. The lowest BCUT2D eigenvalue weighted by atomic mass is 10.1. The van der Waals surface area contributed by atoms with Crippen molar-refractivity contribution in [1.82, 2.24) is 5.32 Å². The van der Waals surface area contributed by atoms with Crippen molar-refractivity contribution in [2.24, 2.45) is 0 Å². The Balaban J connectivity index is 1.45. The van der Waals surface area contributed by atoms with E-state index >= 15 is 0 Å². The Labute approximate surface area is 183 Å². The van der Waals surface area contributed by atoms with E-state index in [1.165, 1.54) is 0 Å². The quantitative estimate of drug-likeness (QED) is 0.654. The maximum absolute atomic E-state index is 13.1. The second kappa shape index (κ2) is 8.77. The summed E-state index contributed by atoms with van der Waals surface area (Å²) in [6.45, 7) is 10.2. The van der Waals surface area contributed by atoms with E-state index in [0.717, 1.165) is 5.56 Å². The molecule has 3 aliphatic heterocycles. The maximum atomic E-state index is 13.1. The first-order valence-corrected chi connectivity index (χ1v) is 11.0. The summed E-state index contributed by atoms with van der Waals surface area (Å²) in [6.07, 6.45) is -2.13. The molecule has 3 fully saturated rings. The highest BCUT2D eigenvalue weighted by molar-refractivity contribution is 5.76. The molecule has 1 N–H and O–H groups in total. The van der Waals surface area contributed by atoms with E-state index < -0.39 is 42.2 Å². The Kier molecular flexibility index (Phi) is 6.40. The zero-order valence-electron chi connectivity index (χ0n) is 18.8. The smallest absolute Gasteiger partial charge is 0.323 e. The Bertz CT molecular complexity index is 768. The summed E-state index contributed by atoms with van der Waals surface area (Å²) in [5.74, 6) is -1.87. The molecule has 0 radical (unpaired) electrons. The Morgan fingerprint density at radius 2 is 1.84 bits per heavy atom. The van der Waals surface area contributed by atoms with Crippen LogP contribution in [0.4, 0.5) is 0 Å². The second-order valence-corrected chi connectivity index (χ2v) is 9.17. The first-order valence-electron chi connectivity index (χ1n) is 11.0. The molecule has 8 nitrogen and oxygen atoms in total. The zero-order valence-corrected chi connectivity index (χ0v) is 18.8. The molecule has 1 aromatic rings. The summed E-state index contributed by atoms with van der Waals surface area (Å²) in [4.78, 5) is 13.1. The first-order chi connectivity index (χ1) is 14.7. The van der Waals surface area contributed by atoms with Gasteiger partial charge in [0, 0.05) is 6.54 Å². The van der Waals surface area contributed by atoms with Crippen LogP contribution in [0.25, 0.3) is 0 Å². The molecule has 0 spiro atoms. The largest absolute Gasteiger partial charge is 0.455 e. The van der Waals surface area contributed by atoms with Crippen molar-refractivity contribution in [3.05, 3.63) is 35.9 Å². The van der Waals surface area contributed by atoms with Gasteiger partial charge >= 0.3 is 5.97 Å². The maximum Gasteiger partial charge on any atom is 0.323 e. The van der Waals surface area contributed by atoms with Gasteiger partial charge < -0.3 is 33.7 Å². The van der Waals surface area contributed by atoms with Crippen molar-refractivity contribution in [3.63, 3.8) is 0 Å². The van der Waals surface area contributed by atoms with E-state index in [1.54, 1.807) is 0 Å². The van der Waals surface area contributed by atoms with Crippen molar-refractivity contribution in [2.45, 2.75) is 95.9 Å². The van der Waals surface area contributed by atoms with Gasteiger partial charge in [-0.3, -0.25) is 4.79 Å². The van der Waals surface area contributed by atoms with Gasteiger partial charge in [-0.25, -0.2) is 0 Å². The highest BCUT2D eigenvalue weighted by atomic mass is 16.8. The fourth-order valence-corrected chi connectivity index (χ4v) is 4.26. The third-order valence-electron chi connectivity index (χ3n) is 5.76. The third-order valence-corrected chi connectivity index (χ3v) is 5.76. The molecule has 3 aliphatic rings. The number of nitrogens with one attached hydrogen (secondary N) is 1. The minimum atomic E-state index is -0.813. The van der Waals surface area contributed by atoms with E-state index in [2.05, 4.69) is 5.32 Å². The molecule has 172 valence electrons. The number of carbonyl (C=O) groups excluding carboxylic acids is 1. The van der Waals surface area contributed by atoms with Crippen LogP contribution in [0.15, 0.2) is 30.3 Å². The number of benzene rings is 1. The van der Waals surface area contributed by atoms with Crippen molar-refractivity contribution < 1.29 is 33.2 Å². The van der Waals surface area contributed by atoms with Crippen LogP contribution in [0.5, 0.6) is 0 Å². The topological polar surface area (TPSA) is 84.5 Å². The van der Waals surface area contributed by atoms with Gasteiger partial charge in [-0.15, -0.1) is 0 Å². The molecule has 0 bridgehead atoms. The van der Waals surface area contributed by atoms with Gasteiger partial charge in [0.25, 0.3) is 0 Å². The number of hydrogen-bond acceptors (Lipinski definition) is 8. The van der Waals surface area contributed by atoms with Crippen LogP contribution in [0, 0.1) is 0 Å². The second-order valence-electron chi connectivity index (χ2n) is 9.17. The van der Waals surface area contributed by atoms with E-state index in [9.17, 15) is 4.79 Å². The summed E-state index contributed by atoms with van der Waals surface area (Å²) >= 11 is 0. The number of rotatable bonds is 7. The molecular formula is C23H33NO7. The van der Waals surface area contributed by atoms with Crippen LogP contribution in [-0.2, 0) is 39.8 Å². The molecule has 31 heavy (non-hydrogen) atoms. The zero-order chi connectivity index (χ0) is 22.2. The Morgan fingerprint density at radius 3 is 2.48 bits per heavy atom. The number of hydrogen-bond donors (Lipinski definition) is 1. The predicted molar refractivity (Wildman–Crippen MR) is 111 cm³/mol.